The van der Waals surface area contributed by atoms with Gasteiger partial charge in [0, 0.05) is 42.0 Å². The van der Waals surface area contributed by atoms with Crippen LogP contribution in [0.15, 0.2) is 73.3 Å². The number of pyridine rings is 2. The van der Waals surface area contributed by atoms with Crippen molar-refractivity contribution in [2.75, 3.05) is 25.5 Å². The minimum Gasteiger partial charge on any atom is -0.476 e. The number of aryl methyl sites for hydroxylation is 1. The van der Waals surface area contributed by atoms with Gasteiger partial charge in [0.1, 0.15) is 18.8 Å². The number of anilines is 1. The van der Waals surface area contributed by atoms with Crippen molar-refractivity contribution < 1.29 is 9.53 Å². The number of rotatable bonds is 8. The van der Waals surface area contributed by atoms with E-state index in [-0.39, 0.29) is 5.91 Å². The van der Waals surface area contributed by atoms with E-state index in [1.807, 2.05) is 55.5 Å². The van der Waals surface area contributed by atoms with Crippen LogP contribution in [0.5, 0.6) is 5.88 Å². The van der Waals surface area contributed by atoms with E-state index in [0.717, 1.165) is 41.0 Å². The third-order valence-corrected chi connectivity index (χ3v) is 6.78. The summed E-state index contributed by atoms with van der Waals surface area (Å²) in [7, 11) is 2.12. The van der Waals surface area contributed by atoms with E-state index in [1.54, 1.807) is 18.5 Å². The van der Waals surface area contributed by atoms with E-state index in [4.69, 9.17) is 4.74 Å². The van der Waals surface area contributed by atoms with Crippen LogP contribution in [0, 0.1) is 6.92 Å². The standard InChI is InChI=1S/C29H30N6O2/c1-20-10-11-21(16-22(20)17-26-24(7-4-13-31-26)25-12-14-30-19-32-25)29(36)34-27-8-3-9-28(33-27)37-18-23-6-5-15-35(23)2/h3-4,7-14,16,19,23H,5-6,15,17-18H2,1-2H3,(H,33,34,36)/t23-/m0/s1. The molecule has 0 bridgehead atoms. The lowest BCUT2D eigenvalue weighted by Gasteiger charge is -2.19. The van der Waals surface area contributed by atoms with Gasteiger partial charge in [0.15, 0.2) is 0 Å². The molecule has 8 nitrogen and oxygen atoms in total. The molecule has 188 valence electrons. The SMILES string of the molecule is Cc1ccc(C(=O)Nc2cccc(OC[C@@H]3CCCN3C)n2)cc1Cc1ncccc1-c1ccncn1. The number of amides is 1. The summed E-state index contributed by atoms with van der Waals surface area (Å²) in [5.74, 6) is 0.744. The Balaban J connectivity index is 1.29. The molecule has 4 heterocycles. The van der Waals surface area contributed by atoms with E-state index < -0.39 is 0 Å². The highest BCUT2D eigenvalue weighted by atomic mass is 16.5. The number of likely N-dealkylation sites (tertiary alicyclic amines) is 1. The lowest BCUT2D eigenvalue weighted by molar-refractivity contribution is 0.102. The second kappa shape index (κ2) is 11.3. The Bertz CT molecular complexity index is 1380. The molecule has 0 aliphatic carbocycles. The number of nitrogens with zero attached hydrogens (tertiary/aromatic N) is 5. The molecule has 1 atom stereocenters. The largest absolute Gasteiger partial charge is 0.476 e. The Morgan fingerprint density at radius 3 is 2.84 bits per heavy atom. The third-order valence-electron chi connectivity index (χ3n) is 6.78. The maximum atomic E-state index is 13.1. The lowest BCUT2D eigenvalue weighted by Crippen LogP contribution is -2.30. The summed E-state index contributed by atoms with van der Waals surface area (Å²) in [4.78, 5) is 32.9. The average molecular weight is 495 g/mol. The smallest absolute Gasteiger partial charge is 0.256 e. The van der Waals surface area contributed by atoms with E-state index in [9.17, 15) is 4.79 Å². The lowest BCUT2D eigenvalue weighted by atomic mass is 9.97. The summed E-state index contributed by atoms with van der Waals surface area (Å²) in [6.07, 6.45) is 7.92. The van der Waals surface area contributed by atoms with Gasteiger partial charge < -0.3 is 15.0 Å². The van der Waals surface area contributed by atoms with Gasteiger partial charge in [-0.1, -0.05) is 12.1 Å². The zero-order valence-corrected chi connectivity index (χ0v) is 21.1. The highest BCUT2D eigenvalue weighted by molar-refractivity contribution is 6.04. The second-order valence-corrected chi connectivity index (χ2v) is 9.31. The van der Waals surface area contributed by atoms with Gasteiger partial charge in [0.05, 0.1) is 11.4 Å². The van der Waals surface area contributed by atoms with Crippen LogP contribution in [-0.4, -0.2) is 57.0 Å². The maximum absolute atomic E-state index is 13.1. The first-order valence-electron chi connectivity index (χ1n) is 12.5. The van der Waals surface area contributed by atoms with Crippen molar-refractivity contribution in [3.63, 3.8) is 0 Å². The predicted octanol–water partition coefficient (Wildman–Crippen LogP) is 4.56. The van der Waals surface area contributed by atoms with Crippen LogP contribution in [0.2, 0.25) is 0 Å². The Labute approximate surface area is 216 Å². The molecule has 1 amide bonds. The first-order chi connectivity index (χ1) is 18.1. The van der Waals surface area contributed by atoms with E-state index in [2.05, 4.69) is 37.2 Å². The maximum Gasteiger partial charge on any atom is 0.256 e. The molecule has 3 aromatic heterocycles. The van der Waals surface area contributed by atoms with E-state index in [0.29, 0.717) is 36.3 Å². The molecule has 0 saturated carbocycles. The van der Waals surface area contributed by atoms with Crippen molar-refractivity contribution in [3.05, 3.63) is 95.7 Å². The Morgan fingerprint density at radius 1 is 1.11 bits per heavy atom. The molecule has 4 aromatic rings. The van der Waals surface area contributed by atoms with Gasteiger partial charge in [0.25, 0.3) is 5.91 Å². The van der Waals surface area contributed by atoms with Crippen molar-refractivity contribution in [1.82, 2.24) is 24.8 Å². The van der Waals surface area contributed by atoms with Crippen molar-refractivity contribution in [1.29, 1.82) is 0 Å². The van der Waals surface area contributed by atoms with Gasteiger partial charge in [-0.05, 0) is 80.9 Å². The molecule has 5 rings (SSSR count). The summed E-state index contributed by atoms with van der Waals surface area (Å²) in [5.41, 5.74) is 5.32. The molecule has 0 radical (unpaired) electrons. The monoisotopic (exact) mass is 494 g/mol. The van der Waals surface area contributed by atoms with Crippen molar-refractivity contribution >= 4 is 11.7 Å². The molecule has 1 fully saturated rings. The number of carbonyl (C=O) groups excluding carboxylic acids is 1. The normalized spacial score (nSPS) is 15.5. The van der Waals surface area contributed by atoms with Crippen LogP contribution < -0.4 is 10.1 Å². The fourth-order valence-corrected chi connectivity index (χ4v) is 4.57. The van der Waals surface area contributed by atoms with E-state index in [1.165, 1.54) is 12.7 Å². The Kier molecular flexibility index (Phi) is 7.46. The fraction of sp³-hybridized carbons (Fsp3) is 0.276. The van der Waals surface area contributed by atoms with Crippen molar-refractivity contribution in [3.8, 4) is 17.1 Å². The molecule has 1 aliphatic heterocycles. The van der Waals surface area contributed by atoms with Crippen molar-refractivity contribution in [2.45, 2.75) is 32.2 Å². The average Bonchev–Trinajstić information content (AvgIpc) is 3.34. The van der Waals surface area contributed by atoms with Crippen LogP contribution in [0.4, 0.5) is 5.82 Å². The van der Waals surface area contributed by atoms with E-state index >= 15 is 0 Å². The minimum atomic E-state index is -0.224. The number of hydrogen-bond donors (Lipinski definition) is 1. The molecular weight excluding hydrogens is 464 g/mol. The molecule has 1 saturated heterocycles. The molecule has 0 spiro atoms. The van der Waals surface area contributed by atoms with Crippen LogP contribution in [-0.2, 0) is 6.42 Å². The minimum absolute atomic E-state index is 0.224. The first-order valence-corrected chi connectivity index (χ1v) is 12.5. The highest BCUT2D eigenvalue weighted by Crippen LogP contribution is 2.24. The Hall–Kier alpha value is -4.17. The molecular formula is C29H30N6O2. The topological polar surface area (TPSA) is 93.1 Å². The molecule has 8 heteroatoms. The zero-order chi connectivity index (χ0) is 25.6. The number of aromatic nitrogens is 4. The first kappa shape index (κ1) is 24.5. The molecule has 1 aromatic carbocycles. The fourth-order valence-electron chi connectivity index (χ4n) is 4.57. The number of hydrogen-bond acceptors (Lipinski definition) is 7. The number of carbonyl (C=O) groups is 1. The van der Waals surface area contributed by atoms with Gasteiger partial charge >= 0.3 is 0 Å². The summed E-state index contributed by atoms with van der Waals surface area (Å²) in [6.45, 7) is 3.72. The number of likely N-dealkylation sites (N-methyl/N-ethyl adjacent to an activating group) is 1. The summed E-state index contributed by atoms with van der Waals surface area (Å²) in [6, 6.07) is 17.3. The van der Waals surface area contributed by atoms with Crippen LogP contribution in [0.25, 0.3) is 11.3 Å². The summed E-state index contributed by atoms with van der Waals surface area (Å²) in [5, 5.41) is 2.91. The molecule has 1 aliphatic rings. The van der Waals surface area contributed by atoms with Gasteiger partial charge in [-0.2, -0.15) is 4.98 Å². The van der Waals surface area contributed by atoms with Gasteiger partial charge in [-0.15, -0.1) is 0 Å². The van der Waals surface area contributed by atoms with Crippen LogP contribution in [0.1, 0.15) is 40.0 Å². The third kappa shape index (κ3) is 5.98. The number of benzene rings is 1. The van der Waals surface area contributed by atoms with Gasteiger partial charge in [-0.3, -0.25) is 9.78 Å². The number of nitrogens with one attached hydrogen (secondary N) is 1. The van der Waals surface area contributed by atoms with Crippen LogP contribution in [0.3, 0.4) is 0 Å². The molecule has 37 heavy (non-hydrogen) atoms. The highest BCUT2D eigenvalue weighted by Gasteiger charge is 2.21. The number of ether oxygens (including phenoxy) is 1. The van der Waals surface area contributed by atoms with Crippen LogP contribution >= 0.6 is 0 Å². The molecule has 0 unspecified atom stereocenters. The van der Waals surface area contributed by atoms with Gasteiger partial charge in [0.2, 0.25) is 5.88 Å². The summed E-state index contributed by atoms with van der Waals surface area (Å²) >= 11 is 0. The zero-order valence-electron chi connectivity index (χ0n) is 21.1. The van der Waals surface area contributed by atoms with Crippen molar-refractivity contribution in [2.24, 2.45) is 0 Å². The molecule has 1 N–H and O–H groups in total. The second-order valence-electron chi connectivity index (χ2n) is 9.31. The predicted molar refractivity (Wildman–Crippen MR) is 143 cm³/mol. The Morgan fingerprint density at radius 2 is 2.03 bits per heavy atom. The quantitative estimate of drug-likeness (QED) is 0.384. The van der Waals surface area contributed by atoms with Gasteiger partial charge in [-0.25, -0.2) is 9.97 Å². The summed E-state index contributed by atoms with van der Waals surface area (Å²) < 4.78 is 5.92.